The van der Waals surface area contributed by atoms with Crippen LogP contribution in [0.25, 0.3) is 0 Å². The third-order valence-corrected chi connectivity index (χ3v) is 3.86. The first kappa shape index (κ1) is 15.1. The summed E-state index contributed by atoms with van der Waals surface area (Å²) < 4.78 is 5.26. The fraction of sp³-hybridized carbons (Fsp3) is 0.500. The first-order valence-corrected chi connectivity index (χ1v) is 6.87. The van der Waals surface area contributed by atoms with Gasteiger partial charge in [0.05, 0.1) is 16.9 Å². The Kier molecular flexibility index (Phi) is 4.30. The number of nitro benzene ring substituents is 1. The predicted octanol–water partition coefficient (Wildman–Crippen LogP) is 2.66. The summed E-state index contributed by atoms with van der Waals surface area (Å²) in [6.07, 6.45) is 2.05. The van der Waals surface area contributed by atoms with E-state index in [2.05, 4.69) is 5.32 Å². The highest BCUT2D eigenvalue weighted by Crippen LogP contribution is 2.42. The lowest BCUT2D eigenvalue weighted by atomic mass is 9.69. The highest BCUT2D eigenvalue weighted by molar-refractivity contribution is 5.77. The van der Waals surface area contributed by atoms with Gasteiger partial charge in [-0.25, -0.2) is 0 Å². The molecule has 0 aromatic heterocycles. The molecule has 7 heteroatoms. The molecular formula is C14H18N2O5. The monoisotopic (exact) mass is 294 g/mol. The topological polar surface area (TPSA) is 102 Å². The second kappa shape index (κ2) is 5.99. The van der Waals surface area contributed by atoms with Gasteiger partial charge in [-0.2, -0.15) is 0 Å². The third-order valence-electron chi connectivity index (χ3n) is 3.86. The Morgan fingerprint density at radius 3 is 2.71 bits per heavy atom. The summed E-state index contributed by atoms with van der Waals surface area (Å²) in [5.74, 6) is -0.671. The van der Waals surface area contributed by atoms with Gasteiger partial charge >= 0.3 is 11.7 Å². The number of benzene rings is 1. The molecule has 0 aliphatic heterocycles. The van der Waals surface area contributed by atoms with Crippen LogP contribution in [0.3, 0.4) is 0 Å². The van der Waals surface area contributed by atoms with E-state index in [1.807, 2.05) is 0 Å². The van der Waals surface area contributed by atoms with Crippen molar-refractivity contribution in [3.8, 4) is 5.75 Å². The number of nitrogens with one attached hydrogen (secondary N) is 1. The van der Waals surface area contributed by atoms with Crippen LogP contribution in [0.2, 0.25) is 0 Å². The third kappa shape index (κ3) is 2.91. The summed E-state index contributed by atoms with van der Waals surface area (Å²) in [6.45, 7) is 2.25. The van der Waals surface area contributed by atoms with E-state index < -0.39 is 16.3 Å². The smallest absolute Gasteiger partial charge is 0.333 e. The largest absolute Gasteiger partial charge is 0.487 e. The Morgan fingerprint density at radius 2 is 2.24 bits per heavy atom. The van der Waals surface area contributed by atoms with Crippen LogP contribution in [0.5, 0.6) is 5.75 Å². The van der Waals surface area contributed by atoms with E-state index in [0.29, 0.717) is 25.1 Å². The van der Waals surface area contributed by atoms with Gasteiger partial charge in [-0.1, -0.05) is 12.5 Å². The maximum Gasteiger partial charge on any atom is 0.333 e. The molecule has 0 saturated heterocycles. The minimum atomic E-state index is -0.857. The van der Waals surface area contributed by atoms with Crippen molar-refractivity contribution in [1.29, 1.82) is 0 Å². The van der Waals surface area contributed by atoms with Gasteiger partial charge in [0.2, 0.25) is 0 Å². The zero-order valence-electron chi connectivity index (χ0n) is 11.8. The van der Waals surface area contributed by atoms with Crippen molar-refractivity contribution in [1.82, 2.24) is 0 Å². The second-order valence-corrected chi connectivity index (χ2v) is 5.14. The molecule has 21 heavy (non-hydrogen) atoms. The van der Waals surface area contributed by atoms with Crippen LogP contribution in [0.4, 0.5) is 11.4 Å². The van der Waals surface area contributed by atoms with Crippen LogP contribution in [0, 0.1) is 15.5 Å². The fourth-order valence-corrected chi connectivity index (χ4v) is 2.46. The first-order valence-electron chi connectivity index (χ1n) is 6.87. The van der Waals surface area contributed by atoms with Gasteiger partial charge < -0.3 is 15.2 Å². The standard InChI is InChI=1S/C14H18N2O5/c1-2-21-11-6-3-5-10(12(11)16(19)20)15-9-14(13(17)18)7-4-8-14/h3,5-6,15H,2,4,7-9H2,1H3,(H,17,18). The molecule has 114 valence electrons. The van der Waals surface area contributed by atoms with E-state index >= 15 is 0 Å². The van der Waals surface area contributed by atoms with Crippen LogP contribution < -0.4 is 10.1 Å². The Morgan fingerprint density at radius 1 is 1.52 bits per heavy atom. The second-order valence-electron chi connectivity index (χ2n) is 5.14. The lowest BCUT2D eigenvalue weighted by molar-refractivity contribution is -0.384. The lowest BCUT2D eigenvalue weighted by Gasteiger charge is -2.37. The van der Waals surface area contributed by atoms with Crippen molar-refractivity contribution in [2.75, 3.05) is 18.5 Å². The number of carboxylic acids is 1. The Hall–Kier alpha value is -2.31. The van der Waals surface area contributed by atoms with E-state index in [-0.39, 0.29) is 18.0 Å². The maximum atomic E-state index is 11.3. The zero-order chi connectivity index (χ0) is 15.5. The number of rotatable bonds is 7. The number of anilines is 1. The number of carbonyl (C=O) groups is 1. The van der Waals surface area contributed by atoms with Crippen LogP contribution in [-0.2, 0) is 4.79 Å². The zero-order valence-corrected chi connectivity index (χ0v) is 11.8. The number of nitrogens with zero attached hydrogens (tertiary/aromatic N) is 1. The Bertz CT molecular complexity index is 554. The quantitative estimate of drug-likeness (QED) is 0.592. The normalized spacial score (nSPS) is 15.9. The molecule has 1 aromatic rings. The molecule has 1 fully saturated rings. The minimum Gasteiger partial charge on any atom is -0.487 e. The van der Waals surface area contributed by atoms with E-state index in [1.54, 1.807) is 19.1 Å². The Labute approximate surface area is 122 Å². The molecule has 2 N–H and O–H groups in total. The molecule has 0 unspecified atom stereocenters. The number of hydrogen-bond donors (Lipinski definition) is 2. The first-order chi connectivity index (χ1) is 10.00. The number of hydrogen-bond acceptors (Lipinski definition) is 5. The fourth-order valence-electron chi connectivity index (χ4n) is 2.46. The summed E-state index contributed by atoms with van der Waals surface area (Å²) in [5.41, 5.74) is -0.673. The van der Waals surface area contributed by atoms with E-state index in [1.165, 1.54) is 6.07 Å². The molecule has 1 aliphatic rings. The van der Waals surface area contributed by atoms with Crippen molar-refractivity contribution < 1.29 is 19.6 Å². The summed E-state index contributed by atoms with van der Waals surface area (Å²) in [7, 11) is 0. The maximum absolute atomic E-state index is 11.3. The molecule has 0 spiro atoms. The predicted molar refractivity (Wildman–Crippen MR) is 76.7 cm³/mol. The highest BCUT2D eigenvalue weighted by Gasteiger charge is 2.44. The molecule has 2 rings (SSSR count). The molecule has 1 aromatic carbocycles. The Balaban J connectivity index is 2.21. The van der Waals surface area contributed by atoms with E-state index in [4.69, 9.17) is 4.74 Å². The van der Waals surface area contributed by atoms with Crippen molar-refractivity contribution in [2.24, 2.45) is 5.41 Å². The van der Waals surface area contributed by atoms with Crippen LogP contribution in [-0.4, -0.2) is 29.2 Å². The average Bonchev–Trinajstić information content (AvgIpc) is 2.37. The molecule has 0 bridgehead atoms. The molecular weight excluding hydrogens is 276 g/mol. The lowest BCUT2D eigenvalue weighted by Crippen LogP contribution is -2.43. The van der Waals surface area contributed by atoms with Gasteiger partial charge in [0.25, 0.3) is 0 Å². The summed E-state index contributed by atoms with van der Waals surface area (Å²) >= 11 is 0. The number of para-hydroxylation sites is 1. The summed E-state index contributed by atoms with van der Waals surface area (Å²) in [4.78, 5) is 22.0. The number of nitro groups is 1. The molecule has 0 heterocycles. The van der Waals surface area contributed by atoms with Crippen molar-refractivity contribution >= 4 is 17.3 Å². The number of aliphatic carboxylic acids is 1. The van der Waals surface area contributed by atoms with Crippen LogP contribution >= 0.6 is 0 Å². The molecule has 1 aliphatic carbocycles. The van der Waals surface area contributed by atoms with Gasteiger partial charge in [-0.3, -0.25) is 14.9 Å². The van der Waals surface area contributed by atoms with Crippen molar-refractivity contribution in [3.05, 3.63) is 28.3 Å². The molecule has 0 radical (unpaired) electrons. The summed E-state index contributed by atoms with van der Waals surface area (Å²) in [5, 5.41) is 23.4. The van der Waals surface area contributed by atoms with E-state index in [9.17, 15) is 20.0 Å². The number of ether oxygens (including phenoxy) is 1. The van der Waals surface area contributed by atoms with Crippen LogP contribution in [0.1, 0.15) is 26.2 Å². The molecule has 0 amide bonds. The molecule has 7 nitrogen and oxygen atoms in total. The van der Waals surface area contributed by atoms with E-state index in [0.717, 1.165) is 6.42 Å². The average molecular weight is 294 g/mol. The summed E-state index contributed by atoms with van der Waals surface area (Å²) in [6, 6.07) is 4.74. The number of carboxylic acid groups (broad SMARTS) is 1. The SMILES string of the molecule is CCOc1cccc(NCC2(C(=O)O)CCC2)c1[N+](=O)[O-]. The molecule has 1 saturated carbocycles. The van der Waals surface area contributed by atoms with Crippen LogP contribution in [0.15, 0.2) is 18.2 Å². The van der Waals surface area contributed by atoms with Gasteiger partial charge in [-0.05, 0) is 31.9 Å². The van der Waals surface area contributed by atoms with Crippen molar-refractivity contribution in [2.45, 2.75) is 26.2 Å². The van der Waals surface area contributed by atoms with Gasteiger partial charge in [0.15, 0.2) is 5.75 Å². The highest BCUT2D eigenvalue weighted by atomic mass is 16.6. The minimum absolute atomic E-state index is 0.154. The van der Waals surface area contributed by atoms with Gasteiger partial charge in [-0.15, -0.1) is 0 Å². The van der Waals surface area contributed by atoms with Gasteiger partial charge in [0, 0.05) is 6.54 Å². The van der Waals surface area contributed by atoms with Gasteiger partial charge in [0.1, 0.15) is 5.69 Å². The van der Waals surface area contributed by atoms with Crippen molar-refractivity contribution in [3.63, 3.8) is 0 Å². The molecule has 0 atom stereocenters.